The second-order valence-electron chi connectivity index (χ2n) is 5.74. The lowest BCUT2D eigenvalue weighted by Crippen LogP contribution is -2.38. The molecular weight excluding hydrogens is 248 g/mol. The van der Waals surface area contributed by atoms with Crippen LogP contribution in [0, 0.1) is 0 Å². The Labute approximate surface area is 125 Å². The summed E-state index contributed by atoms with van der Waals surface area (Å²) in [5.41, 5.74) is 0. The van der Waals surface area contributed by atoms with E-state index in [-0.39, 0.29) is 5.79 Å². The van der Waals surface area contributed by atoms with Crippen LogP contribution >= 0.6 is 0 Å². The van der Waals surface area contributed by atoms with Gasteiger partial charge in [-0.15, -0.1) is 13.2 Å². The van der Waals surface area contributed by atoms with Crippen LogP contribution in [0.2, 0.25) is 0 Å². The van der Waals surface area contributed by atoms with E-state index in [9.17, 15) is 0 Å². The van der Waals surface area contributed by atoms with Crippen molar-refractivity contribution in [3.8, 4) is 0 Å². The number of allylic oxidation sites excluding steroid dienone is 2. The van der Waals surface area contributed by atoms with Crippen molar-refractivity contribution < 1.29 is 9.47 Å². The standard InChI is InChI=1S/C18H32O2/c1-3-5-7-12-16-19-18(14-10-9-11-15-18)20-17-13-8-6-4-2/h3-4H,1-2,5-17H2. The first-order chi connectivity index (χ1) is 9.83. The minimum absolute atomic E-state index is 0.277. The fourth-order valence-electron chi connectivity index (χ4n) is 2.72. The Balaban J connectivity index is 2.25. The van der Waals surface area contributed by atoms with Crippen LogP contribution in [0.1, 0.15) is 70.6 Å². The Hall–Kier alpha value is -0.600. The van der Waals surface area contributed by atoms with Gasteiger partial charge in [0.1, 0.15) is 0 Å². The van der Waals surface area contributed by atoms with Crippen molar-refractivity contribution in [1.29, 1.82) is 0 Å². The number of hydrogen-bond acceptors (Lipinski definition) is 2. The van der Waals surface area contributed by atoms with Gasteiger partial charge in [-0.2, -0.15) is 0 Å². The number of hydrogen-bond donors (Lipinski definition) is 0. The van der Waals surface area contributed by atoms with Crippen LogP contribution in [0.15, 0.2) is 25.3 Å². The summed E-state index contributed by atoms with van der Waals surface area (Å²) in [4.78, 5) is 0. The molecule has 2 heteroatoms. The summed E-state index contributed by atoms with van der Waals surface area (Å²) in [5, 5.41) is 0. The molecule has 1 fully saturated rings. The maximum absolute atomic E-state index is 6.15. The van der Waals surface area contributed by atoms with Crippen LogP contribution < -0.4 is 0 Å². The van der Waals surface area contributed by atoms with Gasteiger partial charge in [0.05, 0.1) is 13.2 Å². The molecule has 0 unspecified atom stereocenters. The predicted octanol–water partition coefficient (Wildman–Crippen LogP) is 5.39. The minimum atomic E-state index is -0.277. The molecular formula is C18H32O2. The molecule has 0 saturated heterocycles. The van der Waals surface area contributed by atoms with E-state index in [2.05, 4.69) is 13.2 Å². The lowest BCUT2D eigenvalue weighted by Gasteiger charge is -2.37. The fourth-order valence-corrected chi connectivity index (χ4v) is 2.72. The summed E-state index contributed by atoms with van der Waals surface area (Å²) in [6.45, 7) is 9.15. The van der Waals surface area contributed by atoms with Crippen molar-refractivity contribution in [1.82, 2.24) is 0 Å². The smallest absolute Gasteiger partial charge is 0.168 e. The topological polar surface area (TPSA) is 18.5 Å². The molecule has 0 spiro atoms. The zero-order chi connectivity index (χ0) is 14.5. The Bertz CT molecular complexity index is 234. The molecule has 1 aliphatic rings. The molecule has 0 atom stereocenters. The Morgan fingerprint density at radius 2 is 1.25 bits per heavy atom. The predicted molar refractivity (Wildman–Crippen MR) is 85.8 cm³/mol. The first-order valence-electron chi connectivity index (χ1n) is 8.33. The van der Waals surface area contributed by atoms with Gasteiger partial charge >= 0.3 is 0 Å². The van der Waals surface area contributed by atoms with Crippen molar-refractivity contribution in [2.24, 2.45) is 0 Å². The van der Waals surface area contributed by atoms with E-state index in [1.807, 2.05) is 12.2 Å². The SMILES string of the molecule is C=CCCCCOC1(OCCCCC=C)CCCCC1. The van der Waals surface area contributed by atoms with Gasteiger partial charge in [0, 0.05) is 12.8 Å². The number of ether oxygens (including phenoxy) is 2. The molecule has 0 heterocycles. The first kappa shape index (κ1) is 17.5. The summed E-state index contributed by atoms with van der Waals surface area (Å²) < 4.78 is 12.3. The van der Waals surface area contributed by atoms with Gasteiger partial charge < -0.3 is 9.47 Å². The van der Waals surface area contributed by atoms with Crippen LogP contribution in [-0.4, -0.2) is 19.0 Å². The molecule has 0 bridgehead atoms. The van der Waals surface area contributed by atoms with E-state index in [1.54, 1.807) is 0 Å². The van der Waals surface area contributed by atoms with Gasteiger partial charge in [0.2, 0.25) is 0 Å². The summed E-state index contributed by atoms with van der Waals surface area (Å²) in [5.74, 6) is -0.277. The van der Waals surface area contributed by atoms with Crippen molar-refractivity contribution in [2.45, 2.75) is 76.4 Å². The van der Waals surface area contributed by atoms with Crippen LogP contribution in [0.4, 0.5) is 0 Å². The van der Waals surface area contributed by atoms with Gasteiger partial charge in [0.15, 0.2) is 5.79 Å². The second kappa shape index (κ2) is 11.1. The first-order valence-corrected chi connectivity index (χ1v) is 8.33. The van der Waals surface area contributed by atoms with E-state index in [4.69, 9.17) is 9.47 Å². The second-order valence-corrected chi connectivity index (χ2v) is 5.74. The molecule has 0 aromatic rings. The van der Waals surface area contributed by atoms with Gasteiger partial charge in [-0.25, -0.2) is 0 Å². The molecule has 1 aliphatic carbocycles. The molecule has 0 radical (unpaired) electrons. The normalized spacial score (nSPS) is 17.8. The van der Waals surface area contributed by atoms with Crippen molar-refractivity contribution >= 4 is 0 Å². The quantitative estimate of drug-likeness (QED) is 0.271. The zero-order valence-electron chi connectivity index (χ0n) is 13.1. The van der Waals surface area contributed by atoms with Crippen molar-refractivity contribution in [3.05, 3.63) is 25.3 Å². The molecule has 116 valence electrons. The van der Waals surface area contributed by atoms with E-state index >= 15 is 0 Å². The van der Waals surface area contributed by atoms with Gasteiger partial charge in [0.25, 0.3) is 0 Å². The van der Waals surface area contributed by atoms with Crippen LogP contribution in [0.25, 0.3) is 0 Å². The summed E-state index contributed by atoms with van der Waals surface area (Å²) >= 11 is 0. The van der Waals surface area contributed by atoms with Crippen LogP contribution in [-0.2, 0) is 9.47 Å². The molecule has 0 amide bonds. The number of unbranched alkanes of at least 4 members (excludes halogenated alkanes) is 4. The summed E-state index contributed by atoms with van der Waals surface area (Å²) in [7, 11) is 0. The molecule has 0 aliphatic heterocycles. The van der Waals surface area contributed by atoms with Crippen molar-refractivity contribution in [2.75, 3.05) is 13.2 Å². The highest BCUT2D eigenvalue weighted by Crippen LogP contribution is 2.33. The average molecular weight is 280 g/mol. The maximum Gasteiger partial charge on any atom is 0.168 e. The van der Waals surface area contributed by atoms with Crippen LogP contribution in [0.5, 0.6) is 0 Å². The fraction of sp³-hybridized carbons (Fsp3) is 0.778. The van der Waals surface area contributed by atoms with Gasteiger partial charge in [-0.3, -0.25) is 0 Å². The monoisotopic (exact) mass is 280 g/mol. The molecule has 1 rings (SSSR count). The number of rotatable bonds is 12. The third kappa shape index (κ3) is 7.25. The molecule has 0 aromatic heterocycles. The molecule has 20 heavy (non-hydrogen) atoms. The third-order valence-corrected chi connectivity index (χ3v) is 3.95. The molecule has 0 aromatic carbocycles. The Morgan fingerprint density at radius 3 is 1.70 bits per heavy atom. The lowest BCUT2D eigenvalue weighted by molar-refractivity contribution is -0.253. The Kier molecular flexibility index (Phi) is 9.69. The summed E-state index contributed by atoms with van der Waals surface area (Å²) in [6.07, 6.45) is 16.6. The van der Waals surface area contributed by atoms with Gasteiger partial charge in [-0.1, -0.05) is 18.6 Å². The minimum Gasteiger partial charge on any atom is -0.350 e. The third-order valence-electron chi connectivity index (χ3n) is 3.95. The van der Waals surface area contributed by atoms with Crippen molar-refractivity contribution in [3.63, 3.8) is 0 Å². The Morgan fingerprint density at radius 1 is 0.750 bits per heavy atom. The van der Waals surface area contributed by atoms with Crippen LogP contribution in [0.3, 0.4) is 0 Å². The molecule has 0 N–H and O–H groups in total. The average Bonchev–Trinajstić information content (AvgIpc) is 2.48. The van der Waals surface area contributed by atoms with E-state index < -0.39 is 0 Å². The summed E-state index contributed by atoms with van der Waals surface area (Å²) in [6, 6.07) is 0. The zero-order valence-corrected chi connectivity index (χ0v) is 13.1. The van der Waals surface area contributed by atoms with Gasteiger partial charge in [-0.05, 0) is 51.4 Å². The molecule has 1 saturated carbocycles. The molecule has 2 nitrogen and oxygen atoms in total. The van der Waals surface area contributed by atoms with E-state index in [1.165, 1.54) is 32.1 Å². The highest BCUT2D eigenvalue weighted by atomic mass is 16.7. The maximum atomic E-state index is 6.15. The lowest BCUT2D eigenvalue weighted by atomic mass is 9.94. The highest BCUT2D eigenvalue weighted by molar-refractivity contribution is 4.76. The van der Waals surface area contributed by atoms with E-state index in [0.717, 1.165) is 51.7 Å². The highest BCUT2D eigenvalue weighted by Gasteiger charge is 2.33. The van der Waals surface area contributed by atoms with E-state index in [0.29, 0.717) is 0 Å². The largest absolute Gasteiger partial charge is 0.350 e.